The van der Waals surface area contributed by atoms with Crippen LogP contribution in [0.5, 0.6) is 5.75 Å². The fraction of sp³-hybridized carbons (Fsp3) is 0.200. The van der Waals surface area contributed by atoms with Crippen molar-refractivity contribution >= 4 is 22.6 Å². The number of rotatable bonds is 1. The fourth-order valence-corrected chi connectivity index (χ4v) is 1.34. The van der Waals surface area contributed by atoms with Gasteiger partial charge in [0, 0.05) is 0 Å². The number of aryl methyl sites for hydroxylation is 1. The first-order valence-electron chi connectivity index (χ1n) is 4.24. The second-order valence-electron chi connectivity index (χ2n) is 2.85. The highest BCUT2D eigenvalue weighted by Gasteiger charge is 2.01. The van der Waals surface area contributed by atoms with Crippen LogP contribution in [-0.4, -0.2) is 16.5 Å². The lowest BCUT2D eigenvalue weighted by Crippen LogP contribution is -2.12. The lowest BCUT2D eigenvalue weighted by molar-refractivity contribution is 0.477. The molecule has 1 rings (SSSR count). The molecule has 2 N–H and O–H groups in total. The Balaban J connectivity index is 3.05. The maximum absolute atomic E-state index is 9.52. The Bertz CT molecular complexity index is 423. The van der Waals surface area contributed by atoms with Crippen LogP contribution in [-0.2, 0) is 0 Å². The van der Waals surface area contributed by atoms with Gasteiger partial charge in [-0.1, -0.05) is 17.8 Å². The van der Waals surface area contributed by atoms with E-state index in [4.69, 9.17) is 5.26 Å². The molecule has 78 valence electrons. The van der Waals surface area contributed by atoms with E-state index >= 15 is 0 Å². The van der Waals surface area contributed by atoms with Crippen molar-refractivity contribution in [2.45, 2.75) is 6.92 Å². The summed E-state index contributed by atoms with van der Waals surface area (Å²) in [5.41, 5.74) is 1.46. The molecule has 5 heteroatoms. The van der Waals surface area contributed by atoms with Crippen LogP contribution in [0.3, 0.4) is 0 Å². The summed E-state index contributed by atoms with van der Waals surface area (Å²) in [6, 6.07) is 5.13. The van der Waals surface area contributed by atoms with Gasteiger partial charge < -0.3 is 5.11 Å². The highest BCUT2D eigenvalue weighted by Crippen LogP contribution is 2.27. The van der Waals surface area contributed by atoms with Gasteiger partial charge in [-0.3, -0.25) is 5.32 Å². The zero-order valence-corrected chi connectivity index (χ0v) is 9.30. The van der Waals surface area contributed by atoms with Crippen molar-refractivity contribution in [3.63, 3.8) is 0 Å². The van der Waals surface area contributed by atoms with Gasteiger partial charge in [-0.05, 0) is 30.9 Å². The van der Waals surface area contributed by atoms with Crippen LogP contribution in [0.25, 0.3) is 0 Å². The molecule has 1 aromatic rings. The molecule has 0 amide bonds. The number of thioether (sulfide) groups is 1. The normalized spacial score (nSPS) is 10.9. The quantitative estimate of drug-likeness (QED) is 0.330. The van der Waals surface area contributed by atoms with Crippen molar-refractivity contribution in [2.24, 2.45) is 4.99 Å². The van der Waals surface area contributed by atoms with Crippen LogP contribution in [0.2, 0.25) is 0 Å². The van der Waals surface area contributed by atoms with Crippen molar-refractivity contribution in [1.29, 1.82) is 5.26 Å². The van der Waals surface area contributed by atoms with E-state index in [0.717, 1.165) is 5.56 Å². The standard InChI is InChI=1S/C10H11N3OS/c1-7-3-4-9(14)8(5-7)13-10(15-2)12-6-11/h3-5,14H,1-2H3,(H,12,13). The van der Waals surface area contributed by atoms with E-state index in [9.17, 15) is 5.11 Å². The first-order valence-corrected chi connectivity index (χ1v) is 5.47. The maximum Gasteiger partial charge on any atom is 0.183 e. The molecule has 0 unspecified atom stereocenters. The Morgan fingerprint density at radius 1 is 1.60 bits per heavy atom. The molecule has 0 heterocycles. The summed E-state index contributed by atoms with van der Waals surface area (Å²) in [5, 5.41) is 20.9. The van der Waals surface area contributed by atoms with Gasteiger partial charge in [0.05, 0.1) is 0 Å². The van der Waals surface area contributed by atoms with Crippen molar-refractivity contribution in [2.75, 3.05) is 6.26 Å². The van der Waals surface area contributed by atoms with Crippen LogP contribution in [0, 0.1) is 18.4 Å². The number of nitrogens with zero attached hydrogens (tertiary/aromatic N) is 2. The molecule has 0 aliphatic carbocycles. The van der Waals surface area contributed by atoms with Gasteiger partial charge in [0.2, 0.25) is 0 Å². The van der Waals surface area contributed by atoms with E-state index in [0.29, 0.717) is 10.9 Å². The van der Waals surface area contributed by atoms with Crippen LogP contribution in [0.15, 0.2) is 23.2 Å². The average molecular weight is 221 g/mol. The molecule has 0 radical (unpaired) electrons. The highest BCUT2D eigenvalue weighted by atomic mass is 32.2. The average Bonchev–Trinajstić information content (AvgIpc) is 2.22. The van der Waals surface area contributed by atoms with E-state index in [1.165, 1.54) is 11.8 Å². The molecule has 0 bridgehead atoms. The Labute approximate surface area is 92.6 Å². The lowest BCUT2D eigenvalue weighted by Gasteiger charge is -2.02. The SMILES string of the molecule is CSC(=Nc1cc(C)ccc1O)NC#N. The second kappa shape index (κ2) is 5.27. The third-order valence-electron chi connectivity index (χ3n) is 1.71. The summed E-state index contributed by atoms with van der Waals surface area (Å²) in [7, 11) is 0. The van der Waals surface area contributed by atoms with Crippen LogP contribution >= 0.6 is 11.8 Å². The third-order valence-corrected chi connectivity index (χ3v) is 2.29. The van der Waals surface area contributed by atoms with Crippen molar-refractivity contribution in [1.82, 2.24) is 5.32 Å². The van der Waals surface area contributed by atoms with Gasteiger partial charge in [0.25, 0.3) is 0 Å². The maximum atomic E-state index is 9.52. The number of hydrogen-bond donors (Lipinski definition) is 2. The number of nitrogens with one attached hydrogen (secondary N) is 1. The van der Waals surface area contributed by atoms with E-state index in [1.54, 1.807) is 30.6 Å². The summed E-state index contributed by atoms with van der Waals surface area (Å²) in [5.74, 6) is 0.104. The Morgan fingerprint density at radius 2 is 2.33 bits per heavy atom. The first-order chi connectivity index (χ1) is 7.17. The molecular weight excluding hydrogens is 210 g/mol. The van der Waals surface area contributed by atoms with E-state index in [1.807, 2.05) is 6.92 Å². The minimum Gasteiger partial charge on any atom is -0.506 e. The number of phenols is 1. The zero-order valence-electron chi connectivity index (χ0n) is 8.48. The van der Waals surface area contributed by atoms with E-state index in [-0.39, 0.29) is 5.75 Å². The summed E-state index contributed by atoms with van der Waals surface area (Å²) >= 11 is 1.31. The number of aliphatic imine (C=N–C) groups is 1. The molecule has 0 saturated carbocycles. The number of amidine groups is 1. The van der Waals surface area contributed by atoms with Gasteiger partial charge >= 0.3 is 0 Å². The van der Waals surface area contributed by atoms with Crippen molar-refractivity contribution in [3.05, 3.63) is 23.8 Å². The molecule has 0 atom stereocenters. The molecule has 0 fully saturated rings. The van der Waals surface area contributed by atoms with E-state index in [2.05, 4.69) is 10.3 Å². The third kappa shape index (κ3) is 3.18. The molecule has 15 heavy (non-hydrogen) atoms. The predicted octanol–water partition coefficient (Wildman–Crippen LogP) is 2.12. The Kier molecular flexibility index (Phi) is 4.01. The largest absolute Gasteiger partial charge is 0.506 e. The zero-order chi connectivity index (χ0) is 11.3. The van der Waals surface area contributed by atoms with Crippen molar-refractivity contribution in [3.8, 4) is 11.9 Å². The summed E-state index contributed by atoms with van der Waals surface area (Å²) < 4.78 is 0. The predicted molar refractivity (Wildman–Crippen MR) is 62.2 cm³/mol. The van der Waals surface area contributed by atoms with Crippen LogP contribution in [0.4, 0.5) is 5.69 Å². The Morgan fingerprint density at radius 3 is 2.93 bits per heavy atom. The first kappa shape index (κ1) is 11.4. The second-order valence-corrected chi connectivity index (χ2v) is 3.64. The molecular formula is C10H11N3OS. The molecule has 0 aliphatic heterocycles. The van der Waals surface area contributed by atoms with E-state index < -0.39 is 0 Å². The van der Waals surface area contributed by atoms with Gasteiger partial charge in [-0.2, -0.15) is 5.26 Å². The molecule has 0 aliphatic rings. The summed E-state index contributed by atoms with van der Waals surface area (Å²) in [6.07, 6.45) is 3.59. The molecule has 1 aromatic carbocycles. The topological polar surface area (TPSA) is 68.4 Å². The minimum absolute atomic E-state index is 0.104. The fourth-order valence-electron chi connectivity index (χ4n) is 1.00. The Hall–Kier alpha value is -1.67. The number of aromatic hydroxyl groups is 1. The number of phenolic OH excluding ortho intramolecular Hbond substituents is 1. The lowest BCUT2D eigenvalue weighted by atomic mass is 10.2. The van der Waals surface area contributed by atoms with Crippen molar-refractivity contribution < 1.29 is 5.11 Å². The summed E-state index contributed by atoms with van der Waals surface area (Å²) in [6.45, 7) is 1.91. The number of benzene rings is 1. The van der Waals surface area contributed by atoms with Gasteiger partial charge in [-0.25, -0.2) is 4.99 Å². The van der Waals surface area contributed by atoms with Crippen LogP contribution < -0.4 is 5.32 Å². The molecule has 0 aromatic heterocycles. The summed E-state index contributed by atoms with van der Waals surface area (Å²) in [4.78, 5) is 4.12. The van der Waals surface area contributed by atoms with Crippen LogP contribution in [0.1, 0.15) is 5.56 Å². The smallest absolute Gasteiger partial charge is 0.183 e. The van der Waals surface area contributed by atoms with Gasteiger partial charge in [-0.15, -0.1) is 0 Å². The molecule has 0 spiro atoms. The number of nitriles is 1. The molecule has 0 saturated heterocycles. The number of hydrogen-bond acceptors (Lipinski definition) is 4. The highest BCUT2D eigenvalue weighted by molar-refractivity contribution is 8.13. The van der Waals surface area contributed by atoms with Gasteiger partial charge in [0.15, 0.2) is 11.4 Å². The monoisotopic (exact) mass is 221 g/mol. The molecule has 4 nitrogen and oxygen atoms in total. The minimum atomic E-state index is 0.104. The van der Waals surface area contributed by atoms with Gasteiger partial charge in [0.1, 0.15) is 11.4 Å².